The van der Waals surface area contributed by atoms with Gasteiger partial charge in [0.1, 0.15) is 11.9 Å². The number of amidine groups is 1. The molecular weight excluding hydrogens is 472 g/mol. The van der Waals surface area contributed by atoms with Crippen LogP contribution in [-0.4, -0.2) is 115 Å². The van der Waals surface area contributed by atoms with Gasteiger partial charge in [0.25, 0.3) is 0 Å². The molecule has 0 bridgehead atoms. The first-order valence-corrected chi connectivity index (χ1v) is 11.7. The number of carbonyl (C=O) groups excluding carboxylic acids is 3. The molecule has 2 saturated heterocycles. The fourth-order valence-corrected chi connectivity index (χ4v) is 3.94. The summed E-state index contributed by atoms with van der Waals surface area (Å²) in [5, 5.41) is 19.3. The van der Waals surface area contributed by atoms with Crippen molar-refractivity contribution in [3.63, 3.8) is 0 Å². The quantitative estimate of drug-likeness (QED) is 0.350. The number of carbonyl (C=O) groups is 4. The van der Waals surface area contributed by atoms with Crippen LogP contribution in [0.15, 0.2) is 24.3 Å². The summed E-state index contributed by atoms with van der Waals surface area (Å²) in [6.07, 6.45) is -1.43. The molecule has 4 amide bonds. The Morgan fingerprint density at radius 3 is 2.42 bits per heavy atom. The van der Waals surface area contributed by atoms with Gasteiger partial charge in [-0.1, -0.05) is 0 Å². The van der Waals surface area contributed by atoms with Gasteiger partial charge in [0.05, 0.1) is 19.6 Å². The van der Waals surface area contributed by atoms with E-state index in [1.807, 2.05) is 0 Å². The number of piperazine rings is 1. The minimum atomic E-state index is -0.819. The second-order valence-electron chi connectivity index (χ2n) is 8.51. The molecule has 1 aromatic rings. The molecule has 2 aliphatic heterocycles. The summed E-state index contributed by atoms with van der Waals surface area (Å²) in [4.78, 5) is 53.5. The lowest BCUT2D eigenvalue weighted by Crippen LogP contribution is -2.49. The highest BCUT2D eigenvalue weighted by Gasteiger charge is 2.34. The summed E-state index contributed by atoms with van der Waals surface area (Å²) in [5.74, 6) is -1.00. The Hall–Kier alpha value is -3.71. The lowest BCUT2D eigenvalue weighted by atomic mass is 10.1. The number of cyclic esters (lactones) is 1. The first-order valence-electron chi connectivity index (χ1n) is 11.7. The standard InChI is InChI=1S/C23H32N6O7/c1-3-35-22(33)26(2)21(32)25-20(24)16-4-6-17(7-5-16)29-15-18(36-23(29)34)14-28-12-10-27(11-13-28)9-8-19(30)31/h4-7,18H,3,8-15H2,1-2H3,(H,30,31)(H2,24,25,32). The van der Waals surface area contributed by atoms with E-state index in [9.17, 15) is 19.2 Å². The predicted octanol–water partition coefficient (Wildman–Crippen LogP) is 1.23. The highest BCUT2D eigenvalue weighted by Crippen LogP contribution is 2.23. The van der Waals surface area contributed by atoms with Gasteiger partial charge in [0, 0.05) is 57.6 Å². The van der Waals surface area contributed by atoms with Crippen molar-refractivity contribution < 1.29 is 33.8 Å². The Bertz CT molecular complexity index is 978. The average Bonchev–Trinajstić information content (AvgIpc) is 3.22. The van der Waals surface area contributed by atoms with E-state index in [0.29, 0.717) is 30.9 Å². The molecule has 1 atom stereocenters. The largest absolute Gasteiger partial charge is 0.481 e. The number of ether oxygens (including phenoxy) is 2. The van der Waals surface area contributed by atoms with E-state index < -0.39 is 24.2 Å². The van der Waals surface area contributed by atoms with E-state index in [2.05, 4.69) is 15.1 Å². The van der Waals surface area contributed by atoms with Crippen LogP contribution in [0.25, 0.3) is 0 Å². The van der Waals surface area contributed by atoms with E-state index >= 15 is 0 Å². The summed E-state index contributed by atoms with van der Waals surface area (Å²) in [7, 11) is 1.25. The topological polar surface area (TPSA) is 156 Å². The van der Waals surface area contributed by atoms with Crippen LogP contribution >= 0.6 is 0 Å². The third-order valence-corrected chi connectivity index (χ3v) is 5.99. The molecule has 0 radical (unpaired) electrons. The molecule has 1 aromatic carbocycles. The molecule has 13 nitrogen and oxygen atoms in total. The number of anilines is 1. The average molecular weight is 505 g/mol. The van der Waals surface area contributed by atoms with Gasteiger partial charge in [-0.3, -0.25) is 25.3 Å². The van der Waals surface area contributed by atoms with Gasteiger partial charge in [0.2, 0.25) is 0 Å². The van der Waals surface area contributed by atoms with Crippen molar-refractivity contribution in [1.82, 2.24) is 20.0 Å². The second kappa shape index (κ2) is 12.3. The Balaban J connectivity index is 1.48. The smallest absolute Gasteiger partial charge is 0.417 e. The summed E-state index contributed by atoms with van der Waals surface area (Å²) < 4.78 is 10.3. The molecule has 0 spiro atoms. The number of hydrogen-bond donors (Lipinski definition) is 3. The maximum atomic E-state index is 12.5. The van der Waals surface area contributed by atoms with Gasteiger partial charge in [-0.25, -0.2) is 19.3 Å². The molecule has 36 heavy (non-hydrogen) atoms. The van der Waals surface area contributed by atoms with Gasteiger partial charge in [-0.15, -0.1) is 0 Å². The molecule has 2 heterocycles. The first kappa shape index (κ1) is 26.9. The summed E-state index contributed by atoms with van der Waals surface area (Å²) in [6.45, 7) is 6.37. The number of hydrogen-bond acceptors (Lipinski definition) is 9. The van der Waals surface area contributed by atoms with E-state index in [-0.39, 0.29) is 25.0 Å². The van der Waals surface area contributed by atoms with Crippen LogP contribution < -0.4 is 10.2 Å². The van der Waals surface area contributed by atoms with Crippen molar-refractivity contribution in [3.8, 4) is 0 Å². The number of imide groups is 1. The number of nitrogens with one attached hydrogen (secondary N) is 2. The number of aliphatic carboxylic acids is 1. The summed E-state index contributed by atoms with van der Waals surface area (Å²) in [5.41, 5.74) is 1.00. The lowest BCUT2D eigenvalue weighted by Gasteiger charge is -2.35. The number of carboxylic acid groups (broad SMARTS) is 1. The summed E-state index contributed by atoms with van der Waals surface area (Å²) in [6, 6.07) is 5.72. The van der Waals surface area contributed by atoms with Gasteiger partial charge in [-0.05, 0) is 31.2 Å². The van der Waals surface area contributed by atoms with Crippen molar-refractivity contribution in [2.75, 3.05) is 64.4 Å². The number of benzene rings is 1. The fraction of sp³-hybridized carbons (Fsp3) is 0.522. The first-order chi connectivity index (χ1) is 17.2. The minimum Gasteiger partial charge on any atom is -0.481 e. The van der Waals surface area contributed by atoms with Gasteiger partial charge in [-0.2, -0.15) is 0 Å². The van der Waals surface area contributed by atoms with E-state index in [1.165, 1.54) is 11.9 Å². The number of nitrogens with zero attached hydrogens (tertiary/aromatic N) is 4. The normalized spacial score (nSPS) is 18.4. The predicted molar refractivity (Wildman–Crippen MR) is 129 cm³/mol. The van der Waals surface area contributed by atoms with Gasteiger partial charge < -0.3 is 19.5 Å². The molecule has 13 heteroatoms. The SMILES string of the molecule is CCOC(=O)N(C)C(=O)NC(=N)c1ccc(N2CC(CN3CCN(CCC(=O)O)CC3)OC2=O)cc1. The number of carboxylic acids is 1. The molecule has 1 unspecified atom stereocenters. The highest BCUT2D eigenvalue weighted by molar-refractivity contribution is 6.08. The van der Waals surface area contributed by atoms with Crippen LogP contribution in [0.3, 0.4) is 0 Å². The van der Waals surface area contributed by atoms with Crippen LogP contribution in [0.2, 0.25) is 0 Å². The molecular formula is C23H32N6O7. The Labute approximate surface area is 209 Å². The molecule has 2 fully saturated rings. The molecule has 0 saturated carbocycles. The molecule has 3 N–H and O–H groups in total. The van der Waals surface area contributed by atoms with Gasteiger partial charge >= 0.3 is 24.2 Å². The lowest BCUT2D eigenvalue weighted by molar-refractivity contribution is -0.137. The zero-order valence-corrected chi connectivity index (χ0v) is 20.4. The van der Waals surface area contributed by atoms with Crippen molar-refractivity contribution >= 4 is 35.7 Å². The number of urea groups is 1. The third kappa shape index (κ3) is 7.15. The van der Waals surface area contributed by atoms with Crippen LogP contribution in [0.5, 0.6) is 0 Å². The van der Waals surface area contributed by atoms with E-state index in [4.69, 9.17) is 20.0 Å². The van der Waals surface area contributed by atoms with Gasteiger partial charge in [0.15, 0.2) is 0 Å². The maximum absolute atomic E-state index is 12.5. The fourth-order valence-electron chi connectivity index (χ4n) is 3.94. The van der Waals surface area contributed by atoms with Crippen LogP contribution in [0, 0.1) is 5.41 Å². The van der Waals surface area contributed by atoms with E-state index in [1.54, 1.807) is 31.2 Å². The zero-order valence-electron chi connectivity index (χ0n) is 20.4. The molecule has 3 rings (SSSR count). The molecule has 0 aromatic heterocycles. The maximum Gasteiger partial charge on any atom is 0.417 e. The van der Waals surface area contributed by atoms with Crippen LogP contribution in [0.1, 0.15) is 18.9 Å². The van der Waals surface area contributed by atoms with Crippen molar-refractivity contribution in [1.29, 1.82) is 5.41 Å². The van der Waals surface area contributed by atoms with Crippen molar-refractivity contribution in [2.45, 2.75) is 19.4 Å². The second-order valence-corrected chi connectivity index (χ2v) is 8.51. The van der Waals surface area contributed by atoms with Crippen molar-refractivity contribution in [3.05, 3.63) is 29.8 Å². The number of amides is 4. The molecule has 0 aliphatic carbocycles. The zero-order chi connectivity index (χ0) is 26.2. The Morgan fingerprint density at radius 2 is 1.81 bits per heavy atom. The number of rotatable bonds is 8. The Morgan fingerprint density at radius 1 is 1.17 bits per heavy atom. The van der Waals surface area contributed by atoms with E-state index in [0.717, 1.165) is 31.1 Å². The molecule has 2 aliphatic rings. The minimum absolute atomic E-state index is 0.125. The summed E-state index contributed by atoms with van der Waals surface area (Å²) >= 11 is 0. The Kier molecular flexibility index (Phi) is 9.19. The molecule has 196 valence electrons. The highest BCUT2D eigenvalue weighted by atomic mass is 16.6. The monoisotopic (exact) mass is 504 g/mol. The van der Waals surface area contributed by atoms with Crippen LogP contribution in [0.4, 0.5) is 20.1 Å². The third-order valence-electron chi connectivity index (χ3n) is 5.99. The van der Waals surface area contributed by atoms with Crippen LogP contribution in [-0.2, 0) is 14.3 Å². The van der Waals surface area contributed by atoms with Crippen molar-refractivity contribution in [2.24, 2.45) is 0 Å².